The Morgan fingerprint density at radius 1 is 1.20 bits per heavy atom. The maximum Gasteiger partial charge on any atom is 0.389 e. The van der Waals surface area contributed by atoms with Gasteiger partial charge in [0.05, 0.1) is 16.9 Å². The second kappa shape index (κ2) is 8.09. The van der Waals surface area contributed by atoms with Gasteiger partial charge in [-0.2, -0.15) is 13.2 Å². The second-order valence-electron chi connectivity index (χ2n) is 7.16. The van der Waals surface area contributed by atoms with Crippen molar-refractivity contribution in [2.75, 3.05) is 23.4 Å². The molecule has 3 rings (SSSR count). The molecule has 0 spiro atoms. The minimum atomic E-state index is -4.23. The number of sulfone groups is 1. The molecular formula is C18H21F3N6O2S. The van der Waals surface area contributed by atoms with Crippen LogP contribution in [0.1, 0.15) is 13.3 Å². The monoisotopic (exact) mass is 442 g/mol. The normalized spacial score (nSPS) is 13.4. The van der Waals surface area contributed by atoms with Gasteiger partial charge < -0.3 is 15.2 Å². The molecule has 0 unspecified atom stereocenters. The number of aromatic nitrogens is 4. The third-order valence-electron chi connectivity index (χ3n) is 4.31. The topological polar surface area (TPSA) is 102 Å². The number of halogens is 3. The largest absolute Gasteiger partial charge is 0.389 e. The van der Waals surface area contributed by atoms with E-state index in [1.165, 1.54) is 25.3 Å². The van der Waals surface area contributed by atoms with Crippen LogP contribution in [-0.4, -0.2) is 46.9 Å². The highest BCUT2D eigenvalue weighted by Gasteiger charge is 2.29. The van der Waals surface area contributed by atoms with Crippen molar-refractivity contribution in [2.24, 2.45) is 13.0 Å². The molecule has 0 amide bonds. The number of aryl methyl sites for hydroxylation is 1. The molecular weight excluding hydrogens is 421 g/mol. The van der Waals surface area contributed by atoms with Crippen molar-refractivity contribution in [1.29, 1.82) is 0 Å². The lowest BCUT2D eigenvalue weighted by Gasteiger charge is -2.16. The van der Waals surface area contributed by atoms with Crippen molar-refractivity contribution in [2.45, 2.75) is 24.4 Å². The first-order chi connectivity index (χ1) is 13.9. The maximum absolute atomic E-state index is 12.6. The summed E-state index contributed by atoms with van der Waals surface area (Å²) >= 11 is 0. The number of pyridine rings is 2. The summed E-state index contributed by atoms with van der Waals surface area (Å²) in [5.41, 5.74) is 1.60. The number of nitrogens with zero attached hydrogens (tertiary/aromatic N) is 4. The van der Waals surface area contributed by atoms with Crippen LogP contribution in [0.25, 0.3) is 11.2 Å². The van der Waals surface area contributed by atoms with Crippen molar-refractivity contribution in [3.63, 3.8) is 0 Å². The number of rotatable bonds is 7. The fourth-order valence-corrected chi connectivity index (χ4v) is 3.40. The summed E-state index contributed by atoms with van der Waals surface area (Å²) in [7, 11) is -1.61. The van der Waals surface area contributed by atoms with E-state index in [1.807, 2.05) is 0 Å². The molecule has 30 heavy (non-hydrogen) atoms. The van der Waals surface area contributed by atoms with Gasteiger partial charge in [-0.1, -0.05) is 6.92 Å². The van der Waals surface area contributed by atoms with E-state index in [1.54, 1.807) is 24.0 Å². The number of hydrogen-bond donors (Lipinski definition) is 2. The van der Waals surface area contributed by atoms with Crippen LogP contribution in [0.4, 0.5) is 30.5 Å². The molecule has 162 valence electrons. The number of alkyl halides is 3. The lowest BCUT2D eigenvalue weighted by molar-refractivity contribution is -0.142. The Morgan fingerprint density at radius 2 is 1.93 bits per heavy atom. The first-order valence-corrected chi connectivity index (χ1v) is 10.9. The first-order valence-electron chi connectivity index (χ1n) is 8.98. The molecule has 0 saturated carbocycles. The quantitative estimate of drug-likeness (QED) is 0.577. The van der Waals surface area contributed by atoms with Crippen molar-refractivity contribution < 1.29 is 21.6 Å². The van der Waals surface area contributed by atoms with Crippen LogP contribution in [0.5, 0.6) is 0 Å². The van der Waals surface area contributed by atoms with Crippen LogP contribution < -0.4 is 10.6 Å². The third kappa shape index (κ3) is 5.38. The van der Waals surface area contributed by atoms with Crippen molar-refractivity contribution in [3.05, 3.63) is 30.7 Å². The van der Waals surface area contributed by atoms with E-state index in [9.17, 15) is 21.6 Å². The molecule has 0 aromatic carbocycles. The Morgan fingerprint density at radius 3 is 2.53 bits per heavy atom. The van der Waals surface area contributed by atoms with Crippen molar-refractivity contribution in [1.82, 2.24) is 19.5 Å². The Labute approximate surface area is 171 Å². The van der Waals surface area contributed by atoms with E-state index in [4.69, 9.17) is 0 Å². The Kier molecular flexibility index (Phi) is 5.88. The molecule has 12 heteroatoms. The standard InChI is InChI=1S/C18H21F3N6O2S/c1-11(7-18(19,20)21)8-22-15-6-13(16-17(26-15)27(2)10-24-16)25-14-5-4-12(9-23-14)30(3,28)29/h4-6,9-11H,7-8H2,1-3H3,(H2,22,23,25,26)/t11-/m0/s1. The fraction of sp³-hybridized carbons (Fsp3) is 0.389. The number of nitrogens with one attached hydrogen (secondary N) is 2. The number of fused-ring (bicyclic) bond motifs is 1. The molecule has 8 nitrogen and oxygen atoms in total. The van der Waals surface area contributed by atoms with Gasteiger partial charge in [-0.3, -0.25) is 0 Å². The van der Waals surface area contributed by atoms with E-state index in [0.29, 0.717) is 28.5 Å². The van der Waals surface area contributed by atoms with Gasteiger partial charge in [0.1, 0.15) is 17.2 Å². The number of anilines is 3. The molecule has 0 fully saturated rings. The summed E-state index contributed by atoms with van der Waals surface area (Å²) in [6, 6.07) is 4.57. The molecule has 0 bridgehead atoms. The molecule has 3 aromatic rings. The number of imidazole rings is 1. The van der Waals surface area contributed by atoms with Crippen LogP contribution in [0, 0.1) is 5.92 Å². The summed E-state index contributed by atoms with van der Waals surface area (Å²) in [6.45, 7) is 1.60. The van der Waals surface area contributed by atoms with Crippen LogP contribution in [0.3, 0.4) is 0 Å². The zero-order chi connectivity index (χ0) is 22.1. The average Bonchev–Trinajstić information content (AvgIpc) is 3.00. The van der Waals surface area contributed by atoms with Gasteiger partial charge in [-0.15, -0.1) is 0 Å². The van der Waals surface area contributed by atoms with E-state index >= 15 is 0 Å². The van der Waals surface area contributed by atoms with Gasteiger partial charge >= 0.3 is 6.18 Å². The highest BCUT2D eigenvalue weighted by molar-refractivity contribution is 7.90. The van der Waals surface area contributed by atoms with Gasteiger partial charge in [0.2, 0.25) is 0 Å². The third-order valence-corrected chi connectivity index (χ3v) is 5.41. The van der Waals surface area contributed by atoms with Gasteiger partial charge in [-0.25, -0.2) is 23.4 Å². The summed E-state index contributed by atoms with van der Waals surface area (Å²) in [4.78, 5) is 12.9. The van der Waals surface area contributed by atoms with Gasteiger partial charge in [0.25, 0.3) is 0 Å². The fourth-order valence-electron chi connectivity index (χ4n) is 2.84. The predicted molar refractivity (Wildman–Crippen MR) is 107 cm³/mol. The summed E-state index contributed by atoms with van der Waals surface area (Å²) in [6.07, 6.45) is -1.21. The summed E-state index contributed by atoms with van der Waals surface area (Å²) < 4.78 is 62.5. The molecule has 1 atom stereocenters. The average molecular weight is 442 g/mol. The van der Waals surface area contributed by atoms with E-state index in [2.05, 4.69) is 25.6 Å². The second-order valence-corrected chi connectivity index (χ2v) is 9.18. The van der Waals surface area contributed by atoms with Crippen LogP contribution in [0.15, 0.2) is 35.6 Å². The maximum atomic E-state index is 12.6. The Hall–Kier alpha value is -2.89. The van der Waals surface area contributed by atoms with Crippen molar-refractivity contribution >= 4 is 38.3 Å². The van der Waals surface area contributed by atoms with Crippen molar-refractivity contribution in [3.8, 4) is 0 Å². The molecule has 2 N–H and O–H groups in total. The lowest BCUT2D eigenvalue weighted by atomic mass is 10.1. The Balaban J connectivity index is 1.85. The molecule has 0 aliphatic rings. The summed E-state index contributed by atoms with van der Waals surface area (Å²) in [5, 5.41) is 6.00. The zero-order valence-electron chi connectivity index (χ0n) is 16.5. The van der Waals surface area contributed by atoms with E-state index < -0.39 is 28.4 Å². The van der Waals surface area contributed by atoms with E-state index in [0.717, 1.165) is 6.26 Å². The smallest absolute Gasteiger partial charge is 0.370 e. The minimum Gasteiger partial charge on any atom is -0.370 e. The lowest BCUT2D eigenvalue weighted by Crippen LogP contribution is -2.20. The molecule has 0 aliphatic carbocycles. The van der Waals surface area contributed by atoms with E-state index in [-0.39, 0.29) is 11.4 Å². The highest BCUT2D eigenvalue weighted by atomic mass is 32.2. The molecule has 0 aliphatic heterocycles. The molecule has 3 heterocycles. The first kappa shape index (κ1) is 21.8. The van der Waals surface area contributed by atoms with Crippen LogP contribution in [-0.2, 0) is 16.9 Å². The van der Waals surface area contributed by atoms with Gasteiger partial charge in [0, 0.05) is 38.5 Å². The zero-order valence-corrected chi connectivity index (χ0v) is 17.3. The SMILES string of the molecule is C[C@H](CNc1cc(Nc2ccc(S(C)(=O)=O)cn2)c2ncn(C)c2n1)CC(F)(F)F. The highest BCUT2D eigenvalue weighted by Crippen LogP contribution is 2.28. The van der Waals surface area contributed by atoms with Crippen LogP contribution in [0.2, 0.25) is 0 Å². The summed E-state index contributed by atoms with van der Waals surface area (Å²) in [5.74, 6) is 0.142. The number of hydrogen-bond acceptors (Lipinski definition) is 7. The Bertz CT molecular complexity index is 1140. The van der Waals surface area contributed by atoms with Crippen LogP contribution >= 0.6 is 0 Å². The minimum absolute atomic E-state index is 0.0896. The molecule has 3 aromatic heterocycles. The van der Waals surface area contributed by atoms with Gasteiger partial charge in [0.15, 0.2) is 15.5 Å². The molecule has 0 radical (unpaired) electrons. The molecule has 0 saturated heterocycles. The van der Waals surface area contributed by atoms with Gasteiger partial charge in [-0.05, 0) is 18.1 Å². The predicted octanol–water partition coefficient (Wildman–Crippen LogP) is 3.51.